The Morgan fingerprint density at radius 2 is 1.19 bits per heavy atom. The first-order valence-electron chi connectivity index (χ1n) is 22.0. The second-order valence-corrected chi connectivity index (χ2v) is 19.6. The van der Waals surface area contributed by atoms with Crippen LogP contribution in [0, 0.1) is 5.82 Å². The normalized spacial score (nSPS) is 13.2. The van der Waals surface area contributed by atoms with E-state index in [1.807, 2.05) is 18.3 Å². The summed E-state index contributed by atoms with van der Waals surface area (Å²) in [5, 5.41) is 2.33. The Balaban J connectivity index is 1.14. The van der Waals surface area contributed by atoms with E-state index in [0.717, 1.165) is 61.9 Å². The highest BCUT2D eigenvalue weighted by molar-refractivity contribution is 6.09. The summed E-state index contributed by atoms with van der Waals surface area (Å²) in [6.45, 7) is 23.2. The Labute approximate surface area is 366 Å². The van der Waals surface area contributed by atoms with Gasteiger partial charge in [0.1, 0.15) is 29.8 Å². The molecule has 62 heavy (non-hydrogen) atoms. The SMILES string of the molecule is CC(C)c1cc(-c2ccc(F)cc2)cc(C(C)C)c1N1CN(c2cc(Oc3ccc4c5ccccc5n(-c5cc(C(C)(C)C)ccn5)c4c3)cc(C(C)(C)C)c2)c2ccccc21. The van der Waals surface area contributed by atoms with Gasteiger partial charge >= 0.3 is 0 Å². The number of hydrogen-bond donors (Lipinski definition) is 0. The maximum atomic E-state index is 14.0. The summed E-state index contributed by atoms with van der Waals surface area (Å²) in [6.07, 6.45) is 1.92. The molecule has 8 aromatic rings. The second-order valence-electron chi connectivity index (χ2n) is 19.6. The lowest BCUT2D eigenvalue weighted by Gasteiger charge is -2.30. The van der Waals surface area contributed by atoms with Crippen molar-refractivity contribution in [2.24, 2.45) is 0 Å². The zero-order valence-corrected chi connectivity index (χ0v) is 37.7. The lowest BCUT2D eigenvalue weighted by molar-refractivity contribution is 0.479. The number of para-hydroxylation sites is 3. The van der Waals surface area contributed by atoms with E-state index in [4.69, 9.17) is 9.72 Å². The molecule has 6 aromatic carbocycles. The minimum absolute atomic E-state index is 0.0172. The summed E-state index contributed by atoms with van der Waals surface area (Å²) in [5.41, 5.74) is 13.7. The molecule has 5 nitrogen and oxygen atoms in total. The van der Waals surface area contributed by atoms with Crippen LogP contribution in [0.4, 0.5) is 27.1 Å². The van der Waals surface area contributed by atoms with Crippen molar-refractivity contribution >= 4 is 44.6 Å². The van der Waals surface area contributed by atoms with E-state index in [2.05, 4.69) is 193 Å². The molecule has 0 spiro atoms. The van der Waals surface area contributed by atoms with E-state index in [-0.39, 0.29) is 28.5 Å². The van der Waals surface area contributed by atoms with Crippen molar-refractivity contribution in [1.82, 2.24) is 9.55 Å². The van der Waals surface area contributed by atoms with Gasteiger partial charge in [0, 0.05) is 40.5 Å². The van der Waals surface area contributed by atoms with E-state index < -0.39 is 0 Å². The van der Waals surface area contributed by atoms with Crippen molar-refractivity contribution in [3.8, 4) is 28.4 Å². The number of pyridine rings is 1. The zero-order chi connectivity index (χ0) is 43.7. The largest absolute Gasteiger partial charge is 0.457 e. The predicted molar refractivity (Wildman–Crippen MR) is 258 cm³/mol. The molecule has 0 fully saturated rings. The molecule has 0 saturated heterocycles. The smallest absolute Gasteiger partial charge is 0.137 e. The number of benzene rings is 6. The molecule has 0 bridgehead atoms. The molecule has 1 aliphatic heterocycles. The summed E-state index contributed by atoms with van der Waals surface area (Å²) in [5.74, 6) is 2.72. The summed E-state index contributed by atoms with van der Waals surface area (Å²) in [7, 11) is 0. The van der Waals surface area contributed by atoms with Gasteiger partial charge < -0.3 is 14.5 Å². The number of halogens is 1. The van der Waals surface area contributed by atoms with Crippen LogP contribution in [0.5, 0.6) is 11.5 Å². The van der Waals surface area contributed by atoms with Gasteiger partial charge in [0.15, 0.2) is 0 Å². The van der Waals surface area contributed by atoms with Crippen LogP contribution in [0.15, 0.2) is 140 Å². The van der Waals surface area contributed by atoms with Crippen molar-refractivity contribution in [3.05, 3.63) is 168 Å². The van der Waals surface area contributed by atoms with Crippen LogP contribution in [0.3, 0.4) is 0 Å². The molecule has 0 unspecified atom stereocenters. The van der Waals surface area contributed by atoms with E-state index in [1.165, 1.54) is 33.3 Å². The Morgan fingerprint density at radius 3 is 1.85 bits per heavy atom. The summed E-state index contributed by atoms with van der Waals surface area (Å²) in [4.78, 5) is 9.82. The van der Waals surface area contributed by atoms with Crippen LogP contribution in [-0.4, -0.2) is 16.2 Å². The number of aromatic nitrogens is 2. The van der Waals surface area contributed by atoms with E-state index in [1.54, 1.807) is 12.1 Å². The average molecular weight is 821 g/mol. The summed E-state index contributed by atoms with van der Waals surface area (Å²) < 4.78 is 23.2. The minimum atomic E-state index is -0.225. The minimum Gasteiger partial charge on any atom is -0.457 e. The average Bonchev–Trinajstić information content (AvgIpc) is 3.79. The van der Waals surface area contributed by atoms with Gasteiger partial charge in [0.2, 0.25) is 0 Å². The lowest BCUT2D eigenvalue weighted by Crippen LogP contribution is -2.26. The molecule has 0 amide bonds. The van der Waals surface area contributed by atoms with Crippen molar-refractivity contribution in [3.63, 3.8) is 0 Å². The molecule has 0 atom stereocenters. The molecule has 3 heterocycles. The van der Waals surface area contributed by atoms with E-state index >= 15 is 0 Å². The molecule has 0 N–H and O–H groups in total. The number of hydrogen-bond acceptors (Lipinski definition) is 4. The Kier molecular flexibility index (Phi) is 10.2. The molecule has 0 aliphatic carbocycles. The highest BCUT2D eigenvalue weighted by atomic mass is 19.1. The second kappa shape index (κ2) is 15.5. The van der Waals surface area contributed by atoms with Crippen LogP contribution in [0.25, 0.3) is 38.8 Å². The van der Waals surface area contributed by atoms with Gasteiger partial charge in [-0.15, -0.1) is 0 Å². The Hall–Kier alpha value is -6.40. The lowest BCUT2D eigenvalue weighted by atomic mass is 9.86. The highest BCUT2D eigenvalue weighted by Gasteiger charge is 2.33. The standard InChI is InChI=1S/C56H57FN4O/c1-35(2)47-27-38(37-19-21-41(57)22-20-37)28-48(36(3)4)54(47)60-34-59(50-17-13-14-18-51(50)60)42-29-40(56(8,9)10)30-44(32-42)62-43-23-24-46-45-15-11-12-16-49(45)61(52(46)33-43)53-31-39(25-26-58-53)55(5,6)7/h11-33,35-36H,34H2,1-10H3. The first-order chi connectivity index (χ1) is 29.5. The fraction of sp³-hybridized carbons (Fsp3) is 0.268. The van der Waals surface area contributed by atoms with Crippen molar-refractivity contribution in [1.29, 1.82) is 0 Å². The number of rotatable bonds is 8. The molecule has 0 saturated carbocycles. The highest BCUT2D eigenvalue weighted by Crippen LogP contribution is 2.50. The maximum Gasteiger partial charge on any atom is 0.137 e. The van der Waals surface area contributed by atoms with E-state index in [9.17, 15) is 4.39 Å². The fourth-order valence-electron chi connectivity index (χ4n) is 8.94. The van der Waals surface area contributed by atoms with Gasteiger partial charge in [-0.3, -0.25) is 4.57 Å². The van der Waals surface area contributed by atoms with Crippen LogP contribution < -0.4 is 14.5 Å². The summed E-state index contributed by atoms with van der Waals surface area (Å²) in [6, 6.07) is 46.2. The number of ether oxygens (including phenoxy) is 1. The Bertz CT molecular complexity index is 2940. The van der Waals surface area contributed by atoms with Crippen molar-refractivity contribution < 1.29 is 9.13 Å². The summed E-state index contributed by atoms with van der Waals surface area (Å²) >= 11 is 0. The zero-order valence-electron chi connectivity index (χ0n) is 37.7. The van der Waals surface area contributed by atoms with Crippen molar-refractivity contribution in [2.45, 2.75) is 91.9 Å². The van der Waals surface area contributed by atoms with Gasteiger partial charge in [-0.1, -0.05) is 112 Å². The van der Waals surface area contributed by atoms with Crippen molar-refractivity contribution in [2.75, 3.05) is 16.5 Å². The molecular weight excluding hydrogens is 764 g/mol. The number of anilines is 4. The van der Waals surface area contributed by atoms with Crippen LogP contribution in [-0.2, 0) is 10.8 Å². The van der Waals surface area contributed by atoms with Gasteiger partial charge in [-0.25, -0.2) is 9.37 Å². The molecular formula is C56H57FN4O. The Morgan fingerprint density at radius 1 is 0.565 bits per heavy atom. The molecule has 2 aromatic heterocycles. The van der Waals surface area contributed by atoms with Gasteiger partial charge in [0.25, 0.3) is 0 Å². The number of nitrogens with zero attached hydrogens (tertiary/aromatic N) is 4. The fourth-order valence-corrected chi connectivity index (χ4v) is 8.94. The first kappa shape index (κ1) is 41.0. The third-order valence-corrected chi connectivity index (χ3v) is 12.4. The van der Waals surface area contributed by atoms with Gasteiger partial charge in [-0.05, 0) is 135 Å². The van der Waals surface area contributed by atoms with Crippen LogP contribution in [0.2, 0.25) is 0 Å². The van der Waals surface area contributed by atoms with Crippen LogP contribution in [0.1, 0.15) is 103 Å². The maximum absolute atomic E-state index is 14.0. The molecule has 314 valence electrons. The predicted octanol–water partition coefficient (Wildman–Crippen LogP) is 15.9. The molecule has 0 radical (unpaired) electrons. The molecule has 9 rings (SSSR count). The van der Waals surface area contributed by atoms with Gasteiger partial charge in [0.05, 0.1) is 22.4 Å². The molecule has 1 aliphatic rings. The molecule has 6 heteroatoms. The topological polar surface area (TPSA) is 33.5 Å². The van der Waals surface area contributed by atoms with E-state index in [0.29, 0.717) is 6.67 Å². The third kappa shape index (κ3) is 7.50. The van der Waals surface area contributed by atoms with Gasteiger partial charge in [-0.2, -0.15) is 0 Å². The number of fused-ring (bicyclic) bond motifs is 4. The first-order valence-corrected chi connectivity index (χ1v) is 22.0. The third-order valence-electron chi connectivity index (χ3n) is 12.4. The van der Waals surface area contributed by atoms with Crippen LogP contribution >= 0.6 is 0 Å². The monoisotopic (exact) mass is 820 g/mol. The quantitative estimate of drug-likeness (QED) is 0.153.